The molecule has 3 nitrogen and oxygen atoms in total. The smallest absolute Gasteiger partial charge is 0.168 e. The molecule has 0 aliphatic carbocycles. The molecule has 2 aromatic rings. The largest absolute Gasteiger partial charge is 0.398 e. The average molecular weight is 207 g/mol. The average Bonchev–Trinajstić information content (AvgIpc) is 2.17. The highest BCUT2D eigenvalue weighted by atomic mass is 32.2. The molecule has 0 fully saturated rings. The first-order valence-electron chi connectivity index (χ1n) is 4.12. The molecule has 0 atom stereocenters. The zero-order valence-corrected chi connectivity index (χ0v) is 8.20. The molecular formula is C10H9NO2S. The van der Waals surface area contributed by atoms with Crippen LogP contribution in [0.15, 0.2) is 41.3 Å². The van der Waals surface area contributed by atoms with Gasteiger partial charge in [0.25, 0.3) is 0 Å². The van der Waals surface area contributed by atoms with Crippen LogP contribution in [0.2, 0.25) is 0 Å². The highest BCUT2D eigenvalue weighted by Gasteiger charge is 2.03. The van der Waals surface area contributed by atoms with E-state index in [4.69, 9.17) is 5.73 Å². The summed E-state index contributed by atoms with van der Waals surface area (Å²) in [5.74, 6) is 0. The van der Waals surface area contributed by atoms with Crippen molar-refractivity contribution in [2.75, 3.05) is 5.73 Å². The molecule has 0 aromatic heterocycles. The Balaban J connectivity index is 2.95. The third kappa shape index (κ3) is 1.33. The molecule has 0 unspecified atom stereocenters. The van der Waals surface area contributed by atoms with E-state index in [1.807, 2.05) is 6.07 Å². The summed E-state index contributed by atoms with van der Waals surface area (Å²) in [6.07, 6.45) is 0. The summed E-state index contributed by atoms with van der Waals surface area (Å²) in [6, 6.07) is 10.3. The SMILES string of the molecule is Nc1cccc2c([SH](=O)=O)cccc12. The maximum Gasteiger partial charge on any atom is 0.168 e. The fourth-order valence-electron chi connectivity index (χ4n) is 1.48. The molecule has 0 spiro atoms. The minimum atomic E-state index is -2.56. The lowest BCUT2D eigenvalue weighted by atomic mass is 10.1. The van der Waals surface area contributed by atoms with Crippen molar-refractivity contribution in [3.63, 3.8) is 0 Å². The van der Waals surface area contributed by atoms with E-state index in [1.165, 1.54) is 0 Å². The molecule has 0 aliphatic rings. The van der Waals surface area contributed by atoms with Gasteiger partial charge in [0, 0.05) is 16.5 Å². The van der Waals surface area contributed by atoms with Crippen LogP contribution in [0, 0.1) is 0 Å². The number of nitrogen functional groups attached to an aromatic ring is 1. The summed E-state index contributed by atoms with van der Waals surface area (Å²) in [5.41, 5.74) is 6.33. The van der Waals surface area contributed by atoms with Crippen LogP contribution < -0.4 is 5.73 Å². The van der Waals surface area contributed by atoms with Gasteiger partial charge in [0.05, 0.1) is 4.90 Å². The zero-order valence-electron chi connectivity index (χ0n) is 7.31. The predicted octanol–water partition coefficient (Wildman–Crippen LogP) is 1.39. The first kappa shape index (κ1) is 9.02. The quantitative estimate of drug-likeness (QED) is 0.548. The highest BCUT2D eigenvalue weighted by Crippen LogP contribution is 2.24. The number of benzene rings is 2. The van der Waals surface area contributed by atoms with Crippen LogP contribution in [0.4, 0.5) is 5.69 Å². The topological polar surface area (TPSA) is 60.2 Å². The first-order valence-corrected chi connectivity index (χ1v) is 5.29. The van der Waals surface area contributed by atoms with Gasteiger partial charge >= 0.3 is 0 Å². The molecule has 14 heavy (non-hydrogen) atoms. The molecular weight excluding hydrogens is 198 g/mol. The summed E-state index contributed by atoms with van der Waals surface area (Å²) < 4.78 is 21.8. The van der Waals surface area contributed by atoms with Crippen molar-refractivity contribution < 1.29 is 8.42 Å². The minimum Gasteiger partial charge on any atom is -0.398 e. The van der Waals surface area contributed by atoms with Gasteiger partial charge in [-0.2, -0.15) is 0 Å². The predicted molar refractivity (Wildman–Crippen MR) is 56.9 cm³/mol. The van der Waals surface area contributed by atoms with Crippen molar-refractivity contribution in [3.8, 4) is 0 Å². The van der Waals surface area contributed by atoms with Crippen molar-refractivity contribution in [2.45, 2.75) is 4.90 Å². The monoisotopic (exact) mass is 207 g/mol. The summed E-state index contributed by atoms with van der Waals surface area (Å²) in [5, 5.41) is 1.47. The minimum absolute atomic E-state index is 0.324. The van der Waals surface area contributed by atoms with Gasteiger partial charge in [-0.1, -0.05) is 24.3 Å². The molecule has 0 radical (unpaired) electrons. The van der Waals surface area contributed by atoms with E-state index in [0.29, 0.717) is 16.0 Å². The summed E-state index contributed by atoms with van der Waals surface area (Å²) in [6.45, 7) is 0. The third-order valence-electron chi connectivity index (χ3n) is 2.13. The Morgan fingerprint density at radius 1 is 0.929 bits per heavy atom. The van der Waals surface area contributed by atoms with E-state index < -0.39 is 10.7 Å². The molecule has 0 amide bonds. The van der Waals surface area contributed by atoms with Gasteiger partial charge < -0.3 is 5.73 Å². The van der Waals surface area contributed by atoms with Crippen LogP contribution >= 0.6 is 0 Å². The van der Waals surface area contributed by atoms with Crippen LogP contribution in [0.25, 0.3) is 10.8 Å². The van der Waals surface area contributed by atoms with E-state index in [2.05, 4.69) is 0 Å². The fourth-order valence-corrected chi connectivity index (χ4v) is 2.08. The van der Waals surface area contributed by atoms with Crippen LogP contribution in [0.3, 0.4) is 0 Å². The summed E-state index contributed by atoms with van der Waals surface area (Å²) in [7, 11) is -2.56. The zero-order chi connectivity index (χ0) is 10.1. The molecule has 0 bridgehead atoms. The Morgan fingerprint density at radius 3 is 2.29 bits per heavy atom. The van der Waals surface area contributed by atoms with Gasteiger partial charge in [-0.25, -0.2) is 8.42 Å². The standard InChI is InChI=1S/C10H9NO2S/c11-9-5-1-4-8-7(9)3-2-6-10(8)14(12)13/h1-6,14H,11H2. The van der Waals surface area contributed by atoms with Crippen LogP contribution in [-0.2, 0) is 10.7 Å². The Kier molecular flexibility index (Phi) is 2.13. The van der Waals surface area contributed by atoms with Gasteiger partial charge in [-0.15, -0.1) is 0 Å². The van der Waals surface area contributed by atoms with Crippen molar-refractivity contribution >= 4 is 27.2 Å². The Bertz CT molecular complexity index is 553. The van der Waals surface area contributed by atoms with Crippen molar-refractivity contribution in [2.24, 2.45) is 0 Å². The Morgan fingerprint density at radius 2 is 1.57 bits per heavy atom. The number of hydrogen-bond donors (Lipinski definition) is 2. The number of rotatable bonds is 1. The lowest BCUT2D eigenvalue weighted by Crippen LogP contribution is -1.89. The van der Waals surface area contributed by atoms with E-state index >= 15 is 0 Å². The molecule has 4 heteroatoms. The van der Waals surface area contributed by atoms with E-state index in [0.717, 1.165) is 5.39 Å². The Labute approximate surface area is 83.1 Å². The molecule has 2 N–H and O–H groups in total. The second kappa shape index (κ2) is 3.31. The summed E-state index contributed by atoms with van der Waals surface area (Å²) >= 11 is 0. The van der Waals surface area contributed by atoms with Crippen LogP contribution in [0.5, 0.6) is 0 Å². The van der Waals surface area contributed by atoms with Crippen LogP contribution in [-0.4, -0.2) is 8.42 Å². The first-order chi connectivity index (χ1) is 6.70. The van der Waals surface area contributed by atoms with E-state index in [9.17, 15) is 8.42 Å². The fraction of sp³-hybridized carbons (Fsp3) is 0. The molecule has 0 saturated carbocycles. The summed E-state index contributed by atoms with van der Waals surface area (Å²) in [4.78, 5) is 0.324. The normalized spacial score (nSPS) is 10.9. The third-order valence-corrected chi connectivity index (χ3v) is 2.91. The van der Waals surface area contributed by atoms with Gasteiger partial charge in [0.2, 0.25) is 0 Å². The molecule has 0 saturated heterocycles. The van der Waals surface area contributed by atoms with E-state index in [1.54, 1.807) is 30.3 Å². The molecule has 2 rings (SSSR count). The van der Waals surface area contributed by atoms with Crippen molar-refractivity contribution in [1.29, 1.82) is 0 Å². The lowest BCUT2D eigenvalue weighted by molar-refractivity contribution is 0.615. The van der Waals surface area contributed by atoms with Crippen molar-refractivity contribution in [1.82, 2.24) is 0 Å². The highest BCUT2D eigenvalue weighted by molar-refractivity contribution is 7.72. The maximum atomic E-state index is 10.9. The number of hydrogen-bond acceptors (Lipinski definition) is 3. The van der Waals surface area contributed by atoms with Crippen LogP contribution in [0.1, 0.15) is 0 Å². The second-order valence-corrected chi connectivity index (χ2v) is 3.97. The van der Waals surface area contributed by atoms with Crippen molar-refractivity contribution in [3.05, 3.63) is 36.4 Å². The molecule has 0 heterocycles. The lowest BCUT2D eigenvalue weighted by Gasteiger charge is -2.02. The number of anilines is 1. The van der Waals surface area contributed by atoms with Gasteiger partial charge in [-0.05, 0) is 12.1 Å². The number of fused-ring (bicyclic) bond motifs is 1. The van der Waals surface area contributed by atoms with Gasteiger partial charge in [0.1, 0.15) is 0 Å². The molecule has 72 valence electrons. The van der Waals surface area contributed by atoms with Gasteiger partial charge in [0.15, 0.2) is 10.7 Å². The maximum absolute atomic E-state index is 10.9. The number of thiol groups is 1. The molecule has 2 aromatic carbocycles. The van der Waals surface area contributed by atoms with Gasteiger partial charge in [-0.3, -0.25) is 0 Å². The number of nitrogens with two attached hydrogens (primary N) is 1. The molecule has 0 aliphatic heterocycles. The van der Waals surface area contributed by atoms with E-state index in [-0.39, 0.29) is 0 Å². The second-order valence-electron chi connectivity index (χ2n) is 2.98. The Hall–Kier alpha value is -1.55.